The van der Waals surface area contributed by atoms with Gasteiger partial charge in [-0.1, -0.05) is 30.3 Å². The summed E-state index contributed by atoms with van der Waals surface area (Å²) in [4.78, 5) is 0. The van der Waals surface area contributed by atoms with Gasteiger partial charge < -0.3 is 15.2 Å². The zero-order chi connectivity index (χ0) is 16.1. The van der Waals surface area contributed by atoms with Crippen LogP contribution in [0.3, 0.4) is 0 Å². The molecule has 118 valence electrons. The van der Waals surface area contributed by atoms with E-state index in [1.807, 2.05) is 44.2 Å². The summed E-state index contributed by atoms with van der Waals surface area (Å²) in [5.41, 5.74) is 2.78. The fraction of sp³-hybridized carbons (Fsp3) is 0.333. The Labute approximate surface area is 130 Å². The first-order chi connectivity index (χ1) is 10.5. The lowest BCUT2D eigenvalue weighted by Crippen LogP contribution is -2.25. The predicted octanol–water partition coefficient (Wildman–Crippen LogP) is 3.53. The number of halogens is 1. The van der Waals surface area contributed by atoms with Gasteiger partial charge in [0.2, 0.25) is 0 Å². The van der Waals surface area contributed by atoms with Crippen LogP contribution in [0.15, 0.2) is 42.5 Å². The molecule has 0 aliphatic carbocycles. The van der Waals surface area contributed by atoms with E-state index in [1.54, 1.807) is 6.07 Å². The summed E-state index contributed by atoms with van der Waals surface area (Å²) in [7, 11) is 1.44. The van der Waals surface area contributed by atoms with Crippen LogP contribution in [0.4, 0.5) is 4.39 Å². The molecular weight excluding hydrogens is 281 g/mol. The number of benzene rings is 2. The predicted molar refractivity (Wildman–Crippen MR) is 85.5 cm³/mol. The maximum atomic E-state index is 13.7. The van der Waals surface area contributed by atoms with Crippen LogP contribution in [0.25, 0.3) is 0 Å². The molecule has 0 heterocycles. The Hall–Kier alpha value is -1.91. The van der Waals surface area contributed by atoms with Gasteiger partial charge in [-0.15, -0.1) is 0 Å². The summed E-state index contributed by atoms with van der Waals surface area (Å²) in [6.07, 6.45) is -0.591. The topological polar surface area (TPSA) is 41.5 Å². The third-order valence-electron chi connectivity index (χ3n) is 3.84. The fourth-order valence-electron chi connectivity index (χ4n) is 2.43. The fourth-order valence-corrected chi connectivity index (χ4v) is 2.43. The van der Waals surface area contributed by atoms with Crippen molar-refractivity contribution >= 4 is 0 Å². The van der Waals surface area contributed by atoms with Gasteiger partial charge in [-0.3, -0.25) is 0 Å². The van der Waals surface area contributed by atoms with Gasteiger partial charge in [0.15, 0.2) is 11.6 Å². The average Bonchev–Trinajstić information content (AvgIpc) is 2.52. The summed E-state index contributed by atoms with van der Waals surface area (Å²) in [6.45, 7) is 4.31. The van der Waals surface area contributed by atoms with E-state index in [0.717, 1.165) is 16.7 Å². The molecular formula is C18H22FNO2. The van der Waals surface area contributed by atoms with Crippen LogP contribution < -0.4 is 10.1 Å². The molecule has 3 nitrogen and oxygen atoms in total. The van der Waals surface area contributed by atoms with Crippen LogP contribution in [0, 0.1) is 12.7 Å². The number of ether oxygens (including phenoxy) is 1. The molecule has 2 rings (SSSR count). The van der Waals surface area contributed by atoms with Crippen LogP contribution >= 0.6 is 0 Å². The van der Waals surface area contributed by atoms with E-state index in [9.17, 15) is 9.50 Å². The summed E-state index contributed by atoms with van der Waals surface area (Å²) >= 11 is 0. The number of nitrogens with one attached hydrogen (secondary N) is 1. The molecule has 0 spiro atoms. The molecule has 0 aliphatic rings. The molecule has 2 N–H and O–H groups in total. The Bertz CT molecular complexity index is 630. The van der Waals surface area contributed by atoms with Crippen molar-refractivity contribution in [2.24, 2.45) is 0 Å². The highest BCUT2D eigenvalue weighted by molar-refractivity contribution is 5.31. The van der Waals surface area contributed by atoms with Gasteiger partial charge in [-0.05, 0) is 42.7 Å². The van der Waals surface area contributed by atoms with E-state index in [-0.39, 0.29) is 17.6 Å². The zero-order valence-electron chi connectivity index (χ0n) is 13.1. The lowest BCUT2D eigenvalue weighted by Gasteiger charge is -2.19. The average molecular weight is 303 g/mol. The van der Waals surface area contributed by atoms with Crippen molar-refractivity contribution in [3.63, 3.8) is 0 Å². The molecule has 0 bridgehead atoms. The molecule has 2 aromatic rings. The number of aliphatic hydroxyl groups excluding tert-OH is 1. The summed E-state index contributed by atoms with van der Waals surface area (Å²) < 4.78 is 18.6. The first kappa shape index (κ1) is 16.5. The Morgan fingerprint density at radius 2 is 1.95 bits per heavy atom. The van der Waals surface area contributed by atoms with Gasteiger partial charge in [-0.25, -0.2) is 4.39 Å². The van der Waals surface area contributed by atoms with Crippen molar-refractivity contribution < 1.29 is 14.2 Å². The van der Waals surface area contributed by atoms with E-state index in [1.165, 1.54) is 13.2 Å². The molecule has 0 aromatic heterocycles. The Morgan fingerprint density at radius 1 is 1.23 bits per heavy atom. The molecule has 2 atom stereocenters. The minimum absolute atomic E-state index is 0.0703. The van der Waals surface area contributed by atoms with Crippen molar-refractivity contribution in [2.45, 2.75) is 26.0 Å². The standard InChI is InChI=1S/C18H22FNO2/c1-12-6-4-5-7-15(12)17(21)11-20-13(2)14-8-9-18(22-3)16(19)10-14/h4-10,13,17,20-21H,11H2,1-3H3. The number of aryl methyl sites for hydroxylation is 1. The smallest absolute Gasteiger partial charge is 0.165 e. The molecule has 0 saturated heterocycles. The maximum absolute atomic E-state index is 13.7. The number of aliphatic hydroxyl groups is 1. The molecule has 0 radical (unpaired) electrons. The van der Waals surface area contributed by atoms with Gasteiger partial charge in [0.25, 0.3) is 0 Å². The molecule has 0 aliphatic heterocycles. The zero-order valence-corrected chi connectivity index (χ0v) is 13.1. The van der Waals surface area contributed by atoms with Crippen LogP contribution in [0.2, 0.25) is 0 Å². The number of rotatable bonds is 6. The van der Waals surface area contributed by atoms with E-state index in [0.29, 0.717) is 6.54 Å². The Morgan fingerprint density at radius 3 is 2.59 bits per heavy atom. The van der Waals surface area contributed by atoms with E-state index >= 15 is 0 Å². The highest BCUT2D eigenvalue weighted by Gasteiger charge is 2.13. The monoisotopic (exact) mass is 303 g/mol. The molecule has 22 heavy (non-hydrogen) atoms. The second-order valence-corrected chi connectivity index (χ2v) is 5.40. The van der Waals surface area contributed by atoms with E-state index in [4.69, 9.17) is 4.74 Å². The Kier molecular flexibility index (Phi) is 5.52. The molecule has 2 unspecified atom stereocenters. The molecule has 0 amide bonds. The van der Waals surface area contributed by atoms with E-state index in [2.05, 4.69) is 5.32 Å². The van der Waals surface area contributed by atoms with Gasteiger partial charge >= 0.3 is 0 Å². The molecule has 0 fully saturated rings. The lowest BCUT2D eigenvalue weighted by atomic mass is 10.0. The van der Waals surface area contributed by atoms with Crippen LogP contribution in [-0.2, 0) is 0 Å². The number of methoxy groups -OCH3 is 1. The van der Waals surface area contributed by atoms with Crippen molar-refractivity contribution in [2.75, 3.05) is 13.7 Å². The van der Waals surface area contributed by atoms with Gasteiger partial charge in [0.1, 0.15) is 0 Å². The molecule has 4 heteroatoms. The van der Waals surface area contributed by atoms with Crippen LogP contribution in [0.5, 0.6) is 5.75 Å². The van der Waals surface area contributed by atoms with E-state index < -0.39 is 6.10 Å². The largest absolute Gasteiger partial charge is 0.494 e. The third-order valence-corrected chi connectivity index (χ3v) is 3.84. The number of hydrogen-bond acceptors (Lipinski definition) is 3. The lowest BCUT2D eigenvalue weighted by molar-refractivity contribution is 0.170. The summed E-state index contributed by atoms with van der Waals surface area (Å²) in [6, 6.07) is 12.6. The minimum atomic E-state index is -0.591. The quantitative estimate of drug-likeness (QED) is 0.858. The number of hydrogen-bond donors (Lipinski definition) is 2. The maximum Gasteiger partial charge on any atom is 0.165 e. The van der Waals surface area contributed by atoms with Crippen LogP contribution in [0.1, 0.15) is 35.8 Å². The van der Waals surface area contributed by atoms with Crippen molar-refractivity contribution in [3.05, 3.63) is 65.0 Å². The SMILES string of the molecule is COc1ccc(C(C)NCC(O)c2ccccc2C)cc1F. The first-order valence-corrected chi connectivity index (χ1v) is 7.33. The minimum Gasteiger partial charge on any atom is -0.494 e. The van der Waals surface area contributed by atoms with Crippen molar-refractivity contribution in [1.29, 1.82) is 0 Å². The second-order valence-electron chi connectivity index (χ2n) is 5.40. The van der Waals surface area contributed by atoms with Crippen molar-refractivity contribution in [1.82, 2.24) is 5.32 Å². The molecule has 2 aromatic carbocycles. The van der Waals surface area contributed by atoms with Crippen LogP contribution in [-0.4, -0.2) is 18.8 Å². The van der Waals surface area contributed by atoms with Gasteiger partial charge in [0, 0.05) is 12.6 Å². The van der Waals surface area contributed by atoms with Crippen molar-refractivity contribution in [3.8, 4) is 5.75 Å². The van der Waals surface area contributed by atoms with Gasteiger partial charge in [0.05, 0.1) is 13.2 Å². The third kappa shape index (κ3) is 3.84. The highest BCUT2D eigenvalue weighted by atomic mass is 19.1. The Balaban J connectivity index is 1.99. The summed E-state index contributed by atoms with van der Waals surface area (Å²) in [5, 5.41) is 13.5. The molecule has 0 saturated carbocycles. The second kappa shape index (κ2) is 7.38. The summed E-state index contributed by atoms with van der Waals surface area (Å²) in [5.74, 6) is -0.149. The normalized spacial score (nSPS) is 13.7. The van der Waals surface area contributed by atoms with Gasteiger partial charge in [-0.2, -0.15) is 0 Å². The first-order valence-electron chi connectivity index (χ1n) is 7.33. The highest BCUT2D eigenvalue weighted by Crippen LogP contribution is 2.22.